The van der Waals surface area contributed by atoms with Crippen LogP contribution in [0.1, 0.15) is 31.4 Å². The van der Waals surface area contributed by atoms with Gasteiger partial charge in [-0.05, 0) is 19.3 Å². The Kier molecular flexibility index (Phi) is 3.89. The van der Waals surface area contributed by atoms with Crippen molar-refractivity contribution in [1.29, 1.82) is 0 Å². The molecule has 18 heavy (non-hydrogen) atoms. The maximum Gasteiger partial charge on any atom is 0.391 e. The van der Waals surface area contributed by atoms with Crippen molar-refractivity contribution in [1.82, 2.24) is 20.3 Å². The average molecular weight is 262 g/mol. The molecule has 2 rings (SSSR count). The molecule has 1 heterocycles. The van der Waals surface area contributed by atoms with Gasteiger partial charge in [0.1, 0.15) is 0 Å². The summed E-state index contributed by atoms with van der Waals surface area (Å²) < 4.78 is 39.5. The van der Waals surface area contributed by atoms with Crippen LogP contribution in [0.3, 0.4) is 0 Å². The molecule has 0 bridgehead atoms. The average Bonchev–Trinajstić information content (AvgIpc) is 2.72. The topological polar surface area (TPSA) is 42.7 Å². The van der Waals surface area contributed by atoms with Gasteiger partial charge in [0.05, 0.1) is 17.8 Å². The van der Waals surface area contributed by atoms with E-state index < -0.39 is 12.1 Å². The van der Waals surface area contributed by atoms with Gasteiger partial charge >= 0.3 is 6.18 Å². The minimum atomic E-state index is -4.06. The highest BCUT2D eigenvalue weighted by atomic mass is 19.4. The summed E-state index contributed by atoms with van der Waals surface area (Å²) in [5.74, 6) is -1.16. The zero-order valence-corrected chi connectivity index (χ0v) is 10.2. The van der Waals surface area contributed by atoms with Crippen LogP contribution in [0.25, 0.3) is 0 Å². The molecule has 0 amide bonds. The van der Waals surface area contributed by atoms with Crippen LogP contribution in [0.2, 0.25) is 0 Å². The summed E-state index contributed by atoms with van der Waals surface area (Å²) >= 11 is 0. The van der Waals surface area contributed by atoms with Gasteiger partial charge in [0.25, 0.3) is 0 Å². The molecule has 0 aliphatic heterocycles. The molecule has 1 saturated carbocycles. The Morgan fingerprint density at radius 2 is 2.22 bits per heavy atom. The van der Waals surface area contributed by atoms with E-state index in [0.717, 1.165) is 12.1 Å². The van der Waals surface area contributed by atoms with Crippen LogP contribution in [0.5, 0.6) is 0 Å². The Bertz CT molecular complexity index is 388. The molecule has 1 aromatic heterocycles. The van der Waals surface area contributed by atoms with Crippen LogP contribution in [0.4, 0.5) is 13.2 Å². The highest BCUT2D eigenvalue weighted by Gasteiger charge is 2.41. The second-order valence-electron chi connectivity index (χ2n) is 4.83. The fourth-order valence-electron chi connectivity index (χ4n) is 2.39. The molecule has 7 heteroatoms. The number of hydrogen-bond donors (Lipinski definition) is 1. The molecule has 4 nitrogen and oxygen atoms in total. The fraction of sp³-hybridized carbons (Fsp3) is 0.818. The summed E-state index contributed by atoms with van der Waals surface area (Å²) in [7, 11) is 1.77. The molecule has 1 N–H and O–H groups in total. The predicted octanol–water partition coefficient (Wildman–Crippen LogP) is 2.03. The Hall–Kier alpha value is -1.11. The predicted molar refractivity (Wildman–Crippen MR) is 59.6 cm³/mol. The van der Waals surface area contributed by atoms with Gasteiger partial charge < -0.3 is 5.32 Å². The molecule has 2 unspecified atom stereocenters. The summed E-state index contributed by atoms with van der Waals surface area (Å²) in [6, 6.07) is -0.0692. The van der Waals surface area contributed by atoms with E-state index in [9.17, 15) is 13.2 Å². The number of rotatable bonds is 3. The quantitative estimate of drug-likeness (QED) is 0.906. The second-order valence-corrected chi connectivity index (χ2v) is 4.83. The third kappa shape index (κ3) is 3.22. The van der Waals surface area contributed by atoms with Gasteiger partial charge in [0, 0.05) is 19.6 Å². The molecule has 1 aliphatic rings. The van der Waals surface area contributed by atoms with E-state index in [2.05, 4.69) is 15.6 Å². The van der Waals surface area contributed by atoms with Crippen LogP contribution in [0.15, 0.2) is 6.20 Å². The molecular weight excluding hydrogens is 245 g/mol. The SMILES string of the molecule is Cn1nncc1CNC1CCCC(C(F)(F)F)C1. The lowest BCUT2D eigenvalue weighted by Crippen LogP contribution is -2.38. The molecule has 0 radical (unpaired) electrons. The monoisotopic (exact) mass is 262 g/mol. The van der Waals surface area contributed by atoms with Crippen molar-refractivity contribution in [3.05, 3.63) is 11.9 Å². The van der Waals surface area contributed by atoms with Crippen molar-refractivity contribution in [2.45, 2.75) is 44.4 Å². The summed E-state index contributed by atoms with van der Waals surface area (Å²) in [6.45, 7) is 0.513. The smallest absolute Gasteiger partial charge is 0.308 e. The molecule has 102 valence electrons. The Balaban J connectivity index is 1.85. The van der Waals surface area contributed by atoms with E-state index in [0.29, 0.717) is 13.0 Å². The van der Waals surface area contributed by atoms with E-state index in [4.69, 9.17) is 0 Å². The van der Waals surface area contributed by atoms with E-state index in [1.165, 1.54) is 0 Å². The first kappa shape index (κ1) is 13.3. The molecule has 0 aromatic carbocycles. The summed E-state index contributed by atoms with van der Waals surface area (Å²) in [6.07, 6.45) is -0.571. The minimum absolute atomic E-state index is 0.0692. The summed E-state index contributed by atoms with van der Waals surface area (Å²) in [5.41, 5.74) is 0.879. The lowest BCUT2D eigenvalue weighted by atomic mass is 9.85. The Morgan fingerprint density at radius 3 is 2.83 bits per heavy atom. The number of alkyl halides is 3. The first-order valence-corrected chi connectivity index (χ1v) is 6.10. The number of nitrogens with zero attached hydrogens (tertiary/aromatic N) is 3. The standard InChI is InChI=1S/C11H17F3N4/c1-18-10(7-16-17-18)6-15-9-4-2-3-8(5-9)11(12,13)14/h7-9,15H,2-6H2,1H3. The van der Waals surface area contributed by atoms with Crippen molar-refractivity contribution in [3.63, 3.8) is 0 Å². The first-order chi connectivity index (χ1) is 8.47. The van der Waals surface area contributed by atoms with Crippen molar-refractivity contribution in [3.8, 4) is 0 Å². The van der Waals surface area contributed by atoms with E-state index in [1.807, 2.05) is 0 Å². The maximum absolute atomic E-state index is 12.6. The van der Waals surface area contributed by atoms with Crippen LogP contribution in [0, 0.1) is 5.92 Å². The van der Waals surface area contributed by atoms with Crippen molar-refractivity contribution < 1.29 is 13.2 Å². The van der Waals surface area contributed by atoms with E-state index in [1.54, 1.807) is 17.9 Å². The number of aryl methyl sites for hydroxylation is 1. The fourth-order valence-corrected chi connectivity index (χ4v) is 2.39. The lowest BCUT2D eigenvalue weighted by molar-refractivity contribution is -0.183. The van der Waals surface area contributed by atoms with Crippen molar-refractivity contribution in [2.75, 3.05) is 0 Å². The van der Waals surface area contributed by atoms with Gasteiger partial charge in [-0.3, -0.25) is 4.68 Å². The number of nitrogens with one attached hydrogen (secondary N) is 1. The molecule has 1 aromatic rings. The van der Waals surface area contributed by atoms with Gasteiger partial charge in [0.2, 0.25) is 0 Å². The maximum atomic E-state index is 12.6. The second kappa shape index (κ2) is 5.26. The Labute approximate surface area is 104 Å². The molecular formula is C11H17F3N4. The largest absolute Gasteiger partial charge is 0.391 e. The van der Waals surface area contributed by atoms with Gasteiger partial charge in [-0.1, -0.05) is 11.6 Å². The third-order valence-electron chi connectivity index (χ3n) is 3.52. The molecule has 2 atom stereocenters. The zero-order chi connectivity index (χ0) is 13.2. The van der Waals surface area contributed by atoms with Crippen LogP contribution in [-0.2, 0) is 13.6 Å². The molecule has 1 fully saturated rings. The highest BCUT2D eigenvalue weighted by Crippen LogP contribution is 2.37. The third-order valence-corrected chi connectivity index (χ3v) is 3.52. The first-order valence-electron chi connectivity index (χ1n) is 6.10. The van der Waals surface area contributed by atoms with Crippen LogP contribution in [-0.4, -0.2) is 27.2 Å². The van der Waals surface area contributed by atoms with Crippen LogP contribution < -0.4 is 5.32 Å². The minimum Gasteiger partial charge on any atom is -0.308 e. The lowest BCUT2D eigenvalue weighted by Gasteiger charge is -2.31. The van der Waals surface area contributed by atoms with E-state index in [-0.39, 0.29) is 18.9 Å². The van der Waals surface area contributed by atoms with Gasteiger partial charge in [-0.15, -0.1) is 5.10 Å². The molecule has 1 aliphatic carbocycles. The van der Waals surface area contributed by atoms with E-state index >= 15 is 0 Å². The zero-order valence-electron chi connectivity index (χ0n) is 10.2. The molecule has 0 spiro atoms. The van der Waals surface area contributed by atoms with Crippen molar-refractivity contribution in [2.24, 2.45) is 13.0 Å². The van der Waals surface area contributed by atoms with Gasteiger partial charge in [-0.25, -0.2) is 0 Å². The number of aromatic nitrogens is 3. The summed E-state index contributed by atoms with van der Waals surface area (Å²) in [5, 5.41) is 10.7. The molecule has 0 saturated heterocycles. The summed E-state index contributed by atoms with van der Waals surface area (Å²) in [4.78, 5) is 0. The van der Waals surface area contributed by atoms with Crippen LogP contribution >= 0.6 is 0 Å². The normalized spacial score (nSPS) is 25.3. The Morgan fingerprint density at radius 1 is 1.44 bits per heavy atom. The van der Waals surface area contributed by atoms with Gasteiger partial charge in [0.15, 0.2) is 0 Å². The van der Waals surface area contributed by atoms with Gasteiger partial charge in [-0.2, -0.15) is 13.2 Å². The number of halogens is 3. The van der Waals surface area contributed by atoms with Crippen molar-refractivity contribution >= 4 is 0 Å². The highest BCUT2D eigenvalue weighted by molar-refractivity contribution is 4.93. The number of hydrogen-bond acceptors (Lipinski definition) is 3.